The Kier molecular flexibility index (Phi) is 5.23. The molecule has 4 nitrogen and oxygen atoms in total. The van der Waals surface area contributed by atoms with E-state index in [-0.39, 0.29) is 11.9 Å². The largest absolute Gasteiger partial charge is 0.481 e. The van der Waals surface area contributed by atoms with Crippen LogP contribution in [0.2, 0.25) is 0 Å². The topological polar surface area (TPSA) is 64.3 Å². The fraction of sp³-hybridized carbons (Fsp3) is 0.588. The summed E-state index contributed by atoms with van der Waals surface area (Å²) in [6, 6.07) is 6.51. The number of benzene rings is 1. The minimum Gasteiger partial charge on any atom is -0.481 e. The molecule has 0 radical (unpaired) electrons. The smallest absolute Gasteiger partial charge is 0.260 e. The average molecular weight is 290 g/mol. The van der Waals surface area contributed by atoms with Gasteiger partial charge in [-0.25, -0.2) is 0 Å². The van der Waals surface area contributed by atoms with Crippen LogP contribution in [0.5, 0.6) is 5.75 Å². The highest BCUT2D eigenvalue weighted by Gasteiger charge is 2.26. The van der Waals surface area contributed by atoms with Crippen LogP contribution in [0.4, 0.5) is 0 Å². The lowest BCUT2D eigenvalue weighted by Crippen LogP contribution is -2.37. The maximum atomic E-state index is 12.0. The van der Waals surface area contributed by atoms with E-state index in [0.29, 0.717) is 6.04 Å². The van der Waals surface area contributed by atoms with Gasteiger partial charge in [0.25, 0.3) is 5.91 Å². The Hall–Kier alpha value is -1.55. The fourth-order valence-corrected chi connectivity index (χ4v) is 2.20. The van der Waals surface area contributed by atoms with E-state index in [1.54, 1.807) is 6.92 Å². The summed E-state index contributed by atoms with van der Waals surface area (Å²) in [7, 11) is 0. The molecule has 2 rings (SSSR count). The Morgan fingerprint density at radius 3 is 2.81 bits per heavy atom. The molecule has 21 heavy (non-hydrogen) atoms. The number of nitrogens with one attached hydrogen (secondary N) is 1. The van der Waals surface area contributed by atoms with Crippen molar-refractivity contribution < 1.29 is 9.53 Å². The van der Waals surface area contributed by atoms with Gasteiger partial charge in [-0.05, 0) is 51.2 Å². The van der Waals surface area contributed by atoms with Gasteiger partial charge in [-0.1, -0.05) is 24.6 Å². The van der Waals surface area contributed by atoms with Crippen LogP contribution in [0.15, 0.2) is 18.2 Å². The number of ether oxygens (including phenoxy) is 1. The first-order valence-electron chi connectivity index (χ1n) is 7.81. The van der Waals surface area contributed by atoms with E-state index >= 15 is 0 Å². The molecule has 1 aromatic rings. The van der Waals surface area contributed by atoms with Crippen molar-refractivity contribution in [2.75, 3.05) is 0 Å². The molecule has 4 heteroatoms. The van der Waals surface area contributed by atoms with Gasteiger partial charge in [0.05, 0.1) is 0 Å². The molecule has 2 atom stereocenters. The van der Waals surface area contributed by atoms with Crippen LogP contribution in [0.25, 0.3) is 0 Å². The Balaban J connectivity index is 2.04. The lowest BCUT2D eigenvalue weighted by atomic mass is 10.0. The van der Waals surface area contributed by atoms with E-state index in [1.165, 1.54) is 5.56 Å². The molecule has 0 aliphatic heterocycles. The normalized spacial score (nSPS) is 17.1. The Bertz CT molecular complexity index is 498. The number of hydrogen-bond donors (Lipinski definition) is 2. The van der Waals surface area contributed by atoms with Crippen molar-refractivity contribution in [1.29, 1.82) is 0 Å². The molecule has 0 heterocycles. The Morgan fingerprint density at radius 1 is 1.48 bits per heavy atom. The minimum absolute atomic E-state index is 0.0381. The van der Waals surface area contributed by atoms with Crippen LogP contribution < -0.4 is 15.8 Å². The highest BCUT2D eigenvalue weighted by atomic mass is 16.5. The third-order valence-corrected chi connectivity index (χ3v) is 3.82. The Morgan fingerprint density at radius 2 is 2.19 bits per heavy atom. The van der Waals surface area contributed by atoms with E-state index in [0.717, 1.165) is 37.0 Å². The third-order valence-electron chi connectivity index (χ3n) is 3.82. The minimum atomic E-state index is -0.482. The number of nitrogens with two attached hydrogens (primary N) is 1. The molecule has 1 fully saturated rings. The van der Waals surface area contributed by atoms with Gasteiger partial charge in [0.2, 0.25) is 0 Å². The molecule has 1 saturated carbocycles. The van der Waals surface area contributed by atoms with E-state index in [9.17, 15) is 4.79 Å². The van der Waals surface area contributed by atoms with Crippen LogP contribution in [0.3, 0.4) is 0 Å². The number of amides is 1. The monoisotopic (exact) mass is 290 g/mol. The number of carbonyl (C=O) groups excluding carboxylic acids is 1. The van der Waals surface area contributed by atoms with Crippen molar-refractivity contribution in [1.82, 2.24) is 5.32 Å². The van der Waals surface area contributed by atoms with Crippen molar-refractivity contribution in [2.45, 2.75) is 64.6 Å². The van der Waals surface area contributed by atoms with Crippen molar-refractivity contribution in [3.05, 3.63) is 29.3 Å². The van der Waals surface area contributed by atoms with Gasteiger partial charge in [0.15, 0.2) is 6.10 Å². The van der Waals surface area contributed by atoms with Gasteiger partial charge in [0.1, 0.15) is 5.75 Å². The second-order valence-electron chi connectivity index (χ2n) is 6.03. The van der Waals surface area contributed by atoms with Gasteiger partial charge in [0, 0.05) is 12.1 Å². The van der Waals surface area contributed by atoms with Crippen LogP contribution in [0, 0.1) is 6.92 Å². The fourth-order valence-electron chi connectivity index (χ4n) is 2.20. The zero-order valence-electron chi connectivity index (χ0n) is 13.2. The van der Waals surface area contributed by atoms with E-state index < -0.39 is 6.10 Å². The first kappa shape index (κ1) is 15.8. The zero-order chi connectivity index (χ0) is 15.4. The summed E-state index contributed by atoms with van der Waals surface area (Å²) in [6.07, 6.45) is 3.37. The van der Waals surface area contributed by atoms with Crippen LogP contribution in [0.1, 0.15) is 44.2 Å². The number of aryl methyl sites for hydroxylation is 1. The predicted octanol–water partition coefficient (Wildman–Crippen LogP) is 2.32. The van der Waals surface area contributed by atoms with Gasteiger partial charge in [-0.3, -0.25) is 4.79 Å². The molecule has 0 bridgehead atoms. The average Bonchev–Trinajstić information content (AvgIpc) is 3.25. The molecule has 1 aliphatic carbocycles. The molecule has 2 unspecified atom stereocenters. The lowest BCUT2D eigenvalue weighted by molar-refractivity contribution is -0.127. The van der Waals surface area contributed by atoms with Crippen molar-refractivity contribution >= 4 is 5.91 Å². The SMILES string of the molecule is CCC(N)Cc1cc(C)ccc1OC(C)C(=O)NC1CC1. The molecule has 0 aromatic heterocycles. The highest BCUT2D eigenvalue weighted by molar-refractivity contribution is 5.81. The molecular formula is C17H26N2O2. The van der Waals surface area contributed by atoms with Crippen molar-refractivity contribution in [3.8, 4) is 5.75 Å². The number of hydrogen-bond acceptors (Lipinski definition) is 3. The first-order valence-corrected chi connectivity index (χ1v) is 7.81. The maximum Gasteiger partial charge on any atom is 0.260 e. The van der Waals surface area contributed by atoms with Crippen LogP contribution in [-0.4, -0.2) is 24.1 Å². The third kappa shape index (κ3) is 4.74. The van der Waals surface area contributed by atoms with Gasteiger partial charge in [-0.15, -0.1) is 0 Å². The van der Waals surface area contributed by atoms with Crippen molar-refractivity contribution in [3.63, 3.8) is 0 Å². The van der Waals surface area contributed by atoms with Crippen LogP contribution >= 0.6 is 0 Å². The molecule has 116 valence electrons. The molecule has 1 amide bonds. The summed E-state index contributed by atoms with van der Waals surface area (Å²) in [4.78, 5) is 12.0. The van der Waals surface area contributed by atoms with E-state index in [2.05, 4.69) is 18.3 Å². The summed E-state index contributed by atoms with van der Waals surface area (Å²) in [5.74, 6) is 0.728. The summed E-state index contributed by atoms with van der Waals surface area (Å²) in [6.45, 7) is 5.92. The zero-order valence-corrected chi connectivity index (χ0v) is 13.2. The quantitative estimate of drug-likeness (QED) is 0.810. The summed E-state index contributed by atoms with van der Waals surface area (Å²) < 4.78 is 5.87. The molecule has 0 spiro atoms. The second-order valence-corrected chi connectivity index (χ2v) is 6.03. The summed E-state index contributed by atoms with van der Waals surface area (Å²) >= 11 is 0. The van der Waals surface area contributed by atoms with Crippen molar-refractivity contribution in [2.24, 2.45) is 5.73 Å². The second kappa shape index (κ2) is 6.94. The molecule has 1 aliphatic rings. The molecule has 1 aromatic carbocycles. The maximum absolute atomic E-state index is 12.0. The standard InChI is InChI=1S/C17H26N2O2/c1-4-14(18)10-13-9-11(2)5-8-16(13)21-12(3)17(20)19-15-6-7-15/h5,8-9,12,14-15H,4,6-7,10,18H2,1-3H3,(H,19,20). The summed E-state index contributed by atoms with van der Waals surface area (Å²) in [5, 5.41) is 2.97. The van der Waals surface area contributed by atoms with Gasteiger partial charge < -0.3 is 15.8 Å². The van der Waals surface area contributed by atoms with E-state index in [1.807, 2.05) is 19.1 Å². The van der Waals surface area contributed by atoms with Gasteiger partial charge in [-0.2, -0.15) is 0 Å². The van der Waals surface area contributed by atoms with Gasteiger partial charge >= 0.3 is 0 Å². The Labute approximate surface area is 127 Å². The van der Waals surface area contributed by atoms with E-state index in [4.69, 9.17) is 10.5 Å². The van der Waals surface area contributed by atoms with Crippen LogP contribution in [-0.2, 0) is 11.2 Å². The number of rotatable bonds is 7. The highest BCUT2D eigenvalue weighted by Crippen LogP contribution is 2.24. The molecule has 3 N–H and O–H groups in total. The first-order chi connectivity index (χ1) is 9.99. The number of carbonyl (C=O) groups is 1. The predicted molar refractivity (Wildman–Crippen MR) is 84.4 cm³/mol. The molecular weight excluding hydrogens is 264 g/mol. The lowest BCUT2D eigenvalue weighted by Gasteiger charge is -2.19. The summed E-state index contributed by atoms with van der Waals surface area (Å²) in [5.41, 5.74) is 8.31. The molecule has 0 saturated heterocycles.